The zero-order valence-electron chi connectivity index (χ0n) is 19.7. The topological polar surface area (TPSA) is 62.2 Å². The van der Waals surface area contributed by atoms with Gasteiger partial charge in [0.15, 0.2) is 5.11 Å². The molecule has 0 saturated carbocycles. The highest BCUT2D eigenvalue weighted by molar-refractivity contribution is 7.80. The van der Waals surface area contributed by atoms with Crippen molar-refractivity contribution in [2.45, 2.75) is 25.9 Å². The van der Waals surface area contributed by atoms with Gasteiger partial charge in [-0.2, -0.15) is 0 Å². The van der Waals surface area contributed by atoms with Gasteiger partial charge in [-0.1, -0.05) is 42.5 Å². The number of benzene rings is 2. The van der Waals surface area contributed by atoms with Crippen molar-refractivity contribution in [3.8, 4) is 5.69 Å². The molecule has 2 aromatic heterocycles. The molecule has 0 radical (unpaired) electrons. The van der Waals surface area contributed by atoms with Gasteiger partial charge < -0.3 is 20.1 Å². The van der Waals surface area contributed by atoms with Crippen LogP contribution < -0.4 is 10.6 Å². The zero-order chi connectivity index (χ0) is 24.4. The largest absolute Gasteiger partial charge is 0.352 e. The molecule has 0 bridgehead atoms. The second-order valence-corrected chi connectivity index (χ2v) is 9.05. The number of carbonyl (C=O) groups is 1. The van der Waals surface area contributed by atoms with Crippen LogP contribution in [0.4, 0.5) is 5.69 Å². The second kappa shape index (κ2) is 9.72. The standard InChI is InChI=1S/C28H27N5OS/c1-19-17-23(20(2)33(19)22-13-7-4-8-14-22)27-26(24-15-9-10-16-29-24)31-28(35)32(27)18-25(34)30-21-11-5-3-6-12-21/h3-17,26-27H,18H2,1-2H3,(H,30,34)(H,31,35)/t26-,27-/m0/s1. The fourth-order valence-electron chi connectivity index (χ4n) is 4.85. The molecule has 1 amide bonds. The van der Waals surface area contributed by atoms with E-state index in [1.165, 1.54) is 0 Å². The number of thiocarbonyl (C=S) groups is 1. The Morgan fingerprint density at radius 1 is 1.00 bits per heavy atom. The molecule has 176 valence electrons. The molecule has 6 nitrogen and oxygen atoms in total. The van der Waals surface area contributed by atoms with E-state index in [4.69, 9.17) is 12.2 Å². The molecule has 0 spiro atoms. The van der Waals surface area contributed by atoms with Crippen molar-refractivity contribution >= 4 is 28.9 Å². The first kappa shape index (κ1) is 22.8. The minimum absolute atomic E-state index is 0.121. The van der Waals surface area contributed by atoms with Crippen LogP contribution in [0.1, 0.15) is 34.7 Å². The Hall–Kier alpha value is -3.97. The predicted molar refractivity (Wildman–Crippen MR) is 142 cm³/mol. The molecule has 7 heteroatoms. The Balaban J connectivity index is 1.53. The summed E-state index contributed by atoms with van der Waals surface area (Å²) >= 11 is 5.75. The summed E-state index contributed by atoms with van der Waals surface area (Å²) in [5.41, 5.74) is 6.09. The number of aromatic nitrogens is 2. The van der Waals surface area contributed by atoms with E-state index in [1.807, 2.05) is 71.6 Å². The van der Waals surface area contributed by atoms with Crippen LogP contribution in [0, 0.1) is 13.8 Å². The third-order valence-electron chi connectivity index (χ3n) is 6.37. The van der Waals surface area contributed by atoms with Crippen LogP contribution in [0.2, 0.25) is 0 Å². The molecular formula is C28H27N5OS. The number of rotatable bonds is 6. The fourth-order valence-corrected chi connectivity index (χ4v) is 5.16. The Morgan fingerprint density at radius 3 is 2.37 bits per heavy atom. The van der Waals surface area contributed by atoms with Crippen molar-refractivity contribution in [3.05, 3.63) is 114 Å². The minimum atomic E-state index is -0.192. The highest BCUT2D eigenvalue weighted by atomic mass is 32.1. The number of amides is 1. The van der Waals surface area contributed by atoms with E-state index < -0.39 is 0 Å². The van der Waals surface area contributed by atoms with Crippen LogP contribution in [0.25, 0.3) is 5.69 Å². The molecule has 3 heterocycles. The Kier molecular flexibility index (Phi) is 6.33. The van der Waals surface area contributed by atoms with Crippen molar-refractivity contribution in [1.29, 1.82) is 0 Å². The Labute approximate surface area is 210 Å². The number of hydrogen-bond acceptors (Lipinski definition) is 3. The molecule has 2 aromatic carbocycles. The lowest BCUT2D eigenvalue weighted by Crippen LogP contribution is -2.37. The summed E-state index contributed by atoms with van der Waals surface area (Å²) in [4.78, 5) is 19.6. The molecule has 0 unspecified atom stereocenters. The molecule has 1 fully saturated rings. The maximum absolute atomic E-state index is 13.1. The molecule has 4 aromatic rings. The van der Waals surface area contributed by atoms with Crippen LogP contribution >= 0.6 is 12.2 Å². The average Bonchev–Trinajstić information content (AvgIpc) is 3.35. The van der Waals surface area contributed by atoms with Gasteiger partial charge in [0.05, 0.1) is 17.8 Å². The maximum atomic E-state index is 13.1. The fraction of sp³-hybridized carbons (Fsp3) is 0.179. The average molecular weight is 482 g/mol. The summed E-state index contributed by atoms with van der Waals surface area (Å²) in [5.74, 6) is -0.121. The summed E-state index contributed by atoms with van der Waals surface area (Å²) < 4.78 is 2.24. The van der Waals surface area contributed by atoms with Gasteiger partial charge in [-0.15, -0.1) is 0 Å². The highest BCUT2D eigenvalue weighted by Crippen LogP contribution is 2.41. The number of nitrogens with zero attached hydrogens (tertiary/aromatic N) is 3. The van der Waals surface area contributed by atoms with E-state index in [-0.39, 0.29) is 24.5 Å². The van der Waals surface area contributed by atoms with Crippen molar-refractivity contribution in [2.24, 2.45) is 0 Å². The summed E-state index contributed by atoms with van der Waals surface area (Å²) in [6, 6.07) is 27.5. The summed E-state index contributed by atoms with van der Waals surface area (Å²) in [6.45, 7) is 4.35. The molecule has 35 heavy (non-hydrogen) atoms. The highest BCUT2D eigenvalue weighted by Gasteiger charge is 2.42. The van der Waals surface area contributed by atoms with Crippen LogP contribution in [0.5, 0.6) is 0 Å². The lowest BCUT2D eigenvalue weighted by molar-refractivity contribution is -0.116. The predicted octanol–water partition coefficient (Wildman–Crippen LogP) is 5.10. The lowest BCUT2D eigenvalue weighted by Gasteiger charge is -2.27. The van der Waals surface area contributed by atoms with Crippen molar-refractivity contribution in [1.82, 2.24) is 19.8 Å². The number of anilines is 1. The Bertz CT molecular complexity index is 1340. The molecule has 1 aliphatic heterocycles. The van der Waals surface area contributed by atoms with Gasteiger partial charge in [-0.3, -0.25) is 9.78 Å². The number of aryl methyl sites for hydroxylation is 1. The SMILES string of the molecule is Cc1cc([C@H]2[C@H](c3ccccn3)NC(=S)N2CC(=O)Nc2ccccc2)c(C)n1-c1ccccc1. The zero-order valence-corrected chi connectivity index (χ0v) is 20.5. The normalized spacial score (nSPS) is 17.3. The van der Waals surface area contributed by atoms with Crippen LogP contribution in [0.15, 0.2) is 91.1 Å². The second-order valence-electron chi connectivity index (χ2n) is 8.67. The van der Waals surface area contributed by atoms with Gasteiger partial charge in [0.1, 0.15) is 6.54 Å². The van der Waals surface area contributed by atoms with E-state index in [0.717, 1.165) is 34.0 Å². The van der Waals surface area contributed by atoms with Gasteiger partial charge in [0.25, 0.3) is 0 Å². The molecule has 1 aliphatic rings. The molecule has 1 saturated heterocycles. The van der Waals surface area contributed by atoms with Crippen LogP contribution in [-0.2, 0) is 4.79 Å². The number of pyridine rings is 1. The summed E-state index contributed by atoms with van der Waals surface area (Å²) in [6.07, 6.45) is 1.79. The first-order chi connectivity index (χ1) is 17.0. The van der Waals surface area contributed by atoms with Crippen molar-refractivity contribution < 1.29 is 4.79 Å². The first-order valence-electron chi connectivity index (χ1n) is 11.6. The summed E-state index contributed by atoms with van der Waals surface area (Å²) in [5, 5.41) is 6.96. The lowest BCUT2D eigenvalue weighted by atomic mass is 9.96. The monoisotopic (exact) mass is 481 g/mol. The van der Waals surface area contributed by atoms with Crippen LogP contribution in [-0.4, -0.2) is 32.0 Å². The first-order valence-corrected chi connectivity index (χ1v) is 12.0. The van der Waals surface area contributed by atoms with Gasteiger partial charge >= 0.3 is 0 Å². The number of hydrogen-bond donors (Lipinski definition) is 2. The van der Waals surface area contributed by atoms with E-state index in [9.17, 15) is 4.79 Å². The molecule has 2 N–H and O–H groups in total. The minimum Gasteiger partial charge on any atom is -0.352 e. The van der Waals surface area contributed by atoms with E-state index in [1.54, 1.807) is 6.20 Å². The third kappa shape index (κ3) is 4.55. The van der Waals surface area contributed by atoms with Gasteiger partial charge in [-0.05, 0) is 74.1 Å². The molecule has 5 rings (SSSR count). The quantitative estimate of drug-likeness (QED) is 0.375. The number of carbonyl (C=O) groups excluding carboxylic acids is 1. The molecule has 0 aliphatic carbocycles. The van der Waals surface area contributed by atoms with E-state index >= 15 is 0 Å². The van der Waals surface area contributed by atoms with Crippen molar-refractivity contribution in [3.63, 3.8) is 0 Å². The smallest absolute Gasteiger partial charge is 0.244 e. The molecule has 2 atom stereocenters. The van der Waals surface area contributed by atoms with Crippen LogP contribution in [0.3, 0.4) is 0 Å². The summed E-state index contributed by atoms with van der Waals surface area (Å²) in [7, 11) is 0. The van der Waals surface area contributed by atoms with Gasteiger partial charge in [0, 0.05) is 29.0 Å². The maximum Gasteiger partial charge on any atom is 0.244 e. The van der Waals surface area contributed by atoms with Gasteiger partial charge in [0.2, 0.25) is 5.91 Å². The van der Waals surface area contributed by atoms with E-state index in [2.05, 4.69) is 52.2 Å². The number of nitrogens with one attached hydrogen (secondary N) is 2. The van der Waals surface area contributed by atoms with Crippen molar-refractivity contribution in [2.75, 3.05) is 11.9 Å². The third-order valence-corrected chi connectivity index (χ3v) is 6.72. The van der Waals surface area contributed by atoms with Gasteiger partial charge in [-0.25, -0.2) is 0 Å². The molecular weight excluding hydrogens is 454 g/mol. The van der Waals surface area contributed by atoms with E-state index in [0.29, 0.717) is 5.11 Å². The number of para-hydroxylation sites is 2. The Morgan fingerprint density at radius 2 is 1.69 bits per heavy atom.